The molecular formula is C86H111BBr4ClIN10O10. The van der Waals surface area contributed by atoms with Gasteiger partial charge in [0.1, 0.15) is 27.0 Å². The van der Waals surface area contributed by atoms with Crippen molar-refractivity contribution >= 4 is 136 Å². The number of pyridine rings is 5. The Labute approximate surface area is 723 Å². The molecule has 0 spiro atoms. The van der Waals surface area contributed by atoms with Gasteiger partial charge in [0, 0.05) is 131 Å². The number of hydrogen-bond acceptors (Lipinski definition) is 16. The van der Waals surface area contributed by atoms with Gasteiger partial charge in [-0.25, -0.2) is 24.2 Å². The third-order valence-electron chi connectivity index (χ3n) is 18.0. The number of benzene rings is 3. The van der Waals surface area contributed by atoms with Gasteiger partial charge in [-0.1, -0.05) is 126 Å². The number of rotatable bonds is 7. The molecule has 8 aromatic rings. The highest BCUT2D eigenvalue weighted by Crippen LogP contribution is 2.37. The molecule has 20 nitrogen and oxygen atoms in total. The lowest BCUT2D eigenvalue weighted by Crippen LogP contribution is -2.52. The molecule has 3 N–H and O–H groups in total. The number of carbonyl (C=O) groups is 4. The van der Waals surface area contributed by atoms with Gasteiger partial charge < -0.3 is 53.9 Å². The van der Waals surface area contributed by atoms with Crippen molar-refractivity contribution in [2.75, 3.05) is 65.4 Å². The fourth-order valence-corrected chi connectivity index (χ4v) is 15.2. The van der Waals surface area contributed by atoms with Crippen LogP contribution in [0.2, 0.25) is 0 Å². The van der Waals surface area contributed by atoms with Crippen LogP contribution in [0.15, 0.2) is 201 Å². The van der Waals surface area contributed by atoms with E-state index in [2.05, 4.69) is 183 Å². The molecule has 0 unspecified atom stereocenters. The van der Waals surface area contributed by atoms with Gasteiger partial charge in [0.15, 0.2) is 0 Å². The van der Waals surface area contributed by atoms with E-state index in [1.807, 2.05) is 173 Å². The van der Waals surface area contributed by atoms with Crippen LogP contribution in [0.25, 0.3) is 22.3 Å². The predicted octanol–water partition coefficient (Wildman–Crippen LogP) is 20.4. The van der Waals surface area contributed by atoms with Crippen LogP contribution in [0.4, 0.5) is 19.2 Å². The monoisotopic (exact) mass is 1930 g/mol. The molecule has 5 saturated heterocycles. The minimum Gasteiger partial charge on any atom is -0.444 e. The first-order valence-corrected chi connectivity index (χ1v) is 42.7. The topological polar surface area (TPSA) is 235 Å². The molecule has 610 valence electrons. The van der Waals surface area contributed by atoms with Crippen molar-refractivity contribution in [1.29, 1.82) is 0 Å². The predicted molar refractivity (Wildman–Crippen MR) is 476 cm³/mol. The maximum atomic E-state index is 12.2. The number of piperidine rings is 4. The zero-order chi connectivity index (χ0) is 81.6. The van der Waals surface area contributed by atoms with Crippen LogP contribution in [-0.4, -0.2) is 178 Å². The van der Waals surface area contributed by atoms with Crippen LogP contribution in [0.3, 0.4) is 0 Å². The summed E-state index contributed by atoms with van der Waals surface area (Å²) in [6.45, 7) is 30.9. The number of hydrogen-bond donors (Lipinski definition) is 3. The molecule has 0 aliphatic carbocycles. The van der Waals surface area contributed by atoms with Crippen molar-refractivity contribution in [1.82, 2.24) is 49.8 Å². The van der Waals surface area contributed by atoms with Crippen LogP contribution < -0.4 is 10.8 Å². The van der Waals surface area contributed by atoms with E-state index in [9.17, 15) is 19.2 Å². The largest absolute Gasteiger partial charge is 0.488 e. The first-order valence-electron chi connectivity index (χ1n) is 38.3. The van der Waals surface area contributed by atoms with Crippen LogP contribution in [0.5, 0.6) is 0 Å². The highest BCUT2D eigenvalue weighted by molar-refractivity contribution is 14.1. The van der Waals surface area contributed by atoms with E-state index < -0.39 is 23.9 Å². The lowest BCUT2D eigenvalue weighted by molar-refractivity contribution is 0.0149. The smallest absolute Gasteiger partial charge is 0.444 e. The number of ether oxygens (including phenoxy) is 4. The number of aromatic nitrogens is 5. The van der Waals surface area contributed by atoms with E-state index in [-0.39, 0.29) is 42.4 Å². The molecule has 4 amide bonds. The summed E-state index contributed by atoms with van der Waals surface area (Å²) in [5.41, 5.74) is 8.40. The second-order valence-electron chi connectivity index (χ2n) is 31.6. The Balaban J connectivity index is 0.000000211. The van der Waals surface area contributed by atoms with Crippen molar-refractivity contribution in [2.45, 2.75) is 184 Å². The van der Waals surface area contributed by atoms with E-state index in [1.165, 1.54) is 40.8 Å². The molecule has 0 saturated carbocycles. The highest BCUT2D eigenvalue weighted by atomic mass is 127. The van der Waals surface area contributed by atoms with Crippen LogP contribution >= 0.6 is 98.7 Å². The fourth-order valence-electron chi connectivity index (χ4n) is 12.6. The average molecular weight is 1940 g/mol. The summed E-state index contributed by atoms with van der Waals surface area (Å²) in [6.07, 6.45) is 16.2. The fraction of sp³-hybridized carbons (Fsp3) is 0.453. The SMILES string of the molecule is Brc1cccnc1Br.CC(C)(C)OC(=O)N1CC(I)C1.CC(C)(C)OC(=O)N1CCC(c2ncccc2-c2ccccc2)CC1.CC(C)(C)OC(=O)N1CCC(c2ncccc2Br)CC1.CC(C)(C)OC(=O)N1CCC(c2ncccc2Br)CC1.Cl.OB(O)c1ccccc1.c1ccc(-c2cccnc2C2CCNCC2)cc1. The second-order valence-corrected chi connectivity index (χ2v) is 36.7. The minimum absolute atomic E-state index is 0. The van der Waals surface area contributed by atoms with Gasteiger partial charge in [0.25, 0.3) is 0 Å². The highest BCUT2D eigenvalue weighted by Gasteiger charge is 2.34. The summed E-state index contributed by atoms with van der Waals surface area (Å²) >= 11 is 15.9. The van der Waals surface area contributed by atoms with Gasteiger partial charge in [0.2, 0.25) is 0 Å². The Kier molecular flexibility index (Phi) is 39.6. The number of nitrogens with one attached hydrogen (secondary N) is 1. The van der Waals surface area contributed by atoms with Crippen LogP contribution in [-0.2, 0) is 18.9 Å². The van der Waals surface area contributed by atoms with Gasteiger partial charge in [-0.05, 0) is 276 Å². The molecule has 0 radical (unpaired) electrons. The lowest BCUT2D eigenvalue weighted by atomic mass is 9.81. The zero-order valence-electron chi connectivity index (χ0n) is 67.0. The van der Waals surface area contributed by atoms with E-state index in [4.69, 9.17) is 29.0 Å². The summed E-state index contributed by atoms with van der Waals surface area (Å²) < 4.78 is 26.0. The number of nitrogens with zero attached hydrogens (tertiary/aromatic N) is 9. The molecule has 3 aromatic carbocycles. The Morgan fingerprint density at radius 2 is 0.673 bits per heavy atom. The number of carbonyl (C=O) groups excluding carboxylic acids is 4. The minimum atomic E-state index is -1.34. The quantitative estimate of drug-likeness (QED) is 0.0442. The van der Waals surface area contributed by atoms with E-state index in [1.54, 1.807) is 45.2 Å². The maximum absolute atomic E-state index is 12.2. The Morgan fingerprint density at radius 3 is 0.956 bits per heavy atom. The van der Waals surface area contributed by atoms with E-state index in [0.29, 0.717) is 46.1 Å². The second kappa shape index (κ2) is 46.9. The van der Waals surface area contributed by atoms with E-state index >= 15 is 0 Å². The summed E-state index contributed by atoms with van der Waals surface area (Å²) in [6, 6.07) is 49.6. The first kappa shape index (κ1) is 95.2. The van der Waals surface area contributed by atoms with Gasteiger partial charge >= 0.3 is 31.5 Å². The molecule has 113 heavy (non-hydrogen) atoms. The summed E-state index contributed by atoms with van der Waals surface area (Å²) in [4.78, 5) is 76.8. The number of alkyl halides is 1. The van der Waals surface area contributed by atoms with Crippen molar-refractivity contribution in [2.24, 2.45) is 0 Å². The Morgan fingerprint density at radius 1 is 0.389 bits per heavy atom. The molecule has 5 aliphatic rings. The molecule has 13 rings (SSSR count). The molecule has 5 aromatic heterocycles. The van der Waals surface area contributed by atoms with Crippen molar-refractivity contribution in [3.8, 4) is 22.3 Å². The Bertz CT molecular complexity index is 4060. The van der Waals surface area contributed by atoms with Gasteiger partial charge in [0.05, 0.1) is 27.2 Å². The van der Waals surface area contributed by atoms with Crippen molar-refractivity contribution in [3.63, 3.8) is 0 Å². The third-order valence-corrected chi connectivity index (χ3v) is 22.0. The lowest BCUT2D eigenvalue weighted by Gasteiger charge is -2.36. The van der Waals surface area contributed by atoms with Crippen LogP contribution in [0.1, 0.15) is 181 Å². The summed E-state index contributed by atoms with van der Waals surface area (Å²) in [7, 11) is -1.34. The van der Waals surface area contributed by atoms with Crippen molar-refractivity contribution in [3.05, 3.63) is 223 Å². The van der Waals surface area contributed by atoms with Gasteiger partial charge in [-0.2, -0.15) is 0 Å². The number of likely N-dealkylation sites (tertiary alicyclic amines) is 4. The first-order chi connectivity index (χ1) is 53.1. The average Bonchev–Trinajstić information content (AvgIpc) is 0.754. The summed E-state index contributed by atoms with van der Waals surface area (Å²) in [5.74, 6) is 1.78. The Hall–Kier alpha value is -6.63. The van der Waals surface area contributed by atoms with E-state index in [0.717, 1.165) is 126 Å². The van der Waals surface area contributed by atoms with Gasteiger partial charge in [-0.3, -0.25) is 19.9 Å². The molecule has 5 aliphatic heterocycles. The number of halogens is 6. The molecule has 10 heterocycles. The summed E-state index contributed by atoms with van der Waals surface area (Å²) in [5, 5.41) is 20.6. The number of amides is 4. The normalized spacial score (nSPS) is 15.6. The molecule has 0 atom stereocenters. The molecule has 27 heteroatoms. The van der Waals surface area contributed by atoms with Crippen molar-refractivity contribution < 1.29 is 48.2 Å². The molecular weight excluding hydrogens is 1830 g/mol. The van der Waals surface area contributed by atoms with Crippen LogP contribution in [0, 0.1) is 0 Å². The zero-order valence-corrected chi connectivity index (χ0v) is 76.3. The van der Waals surface area contributed by atoms with Gasteiger partial charge in [-0.15, -0.1) is 12.4 Å². The third kappa shape index (κ3) is 33.9. The maximum Gasteiger partial charge on any atom is 0.488 e. The molecule has 0 bridgehead atoms. The standard InChI is InChI=1S/C21H26N2O2.C16H18N2.2C15H21BrN2O2.C8H14INO2.C6H7BO2.C5H3Br2N.ClH/c1-21(2,3)25-20(24)23-14-11-17(12-15-23)19-18(10-7-13-22-19)16-8-5-4-6-9-16;1-2-5-13(6-3-1)15-7-4-10-18-16(15)14-8-11-17-12-9-14;2*1-15(2,3)20-14(19)18-9-6-11(7-10-18)13-12(16)5-4-8-17-13;1-8(2,3)12-7(11)10-4-6(9)5-10;8-7(9)6-4-2-1-3-5-6;6-4-2-1-3-8-5(4)7;/h4-10,13,17H,11-12,14-15H2,1-3H3;1-7,10,14,17H,8-9,11-12H2;2*4-5,8,11H,6-7,9-10H2,1-3H3;6H,4-5H2,1-3H3;1-5,8-9H;1-3H;1H. The molecule has 5 fully saturated rings.